The molecular formula is C15H21NO3S. The van der Waals surface area contributed by atoms with Crippen LogP contribution >= 0.6 is 0 Å². The quantitative estimate of drug-likeness (QED) is 0.925. The summed E-state index contributed by atoms with van der Waals surface area (Å²) in [6, 6.07) is 6.13. The van der Waals surface area contributed by atoms with E-state index in [4.69, 9.17) is 4.74 Å². The molecule has 4 nitrogen and oxygen atoms in total. The summed E-state index contributed by atoms with van der Waals surface area (Å²) < 4.78 is 29.4. The molecule has 0 amide bonds. The molecule has 1 aromatic carbocycles. The van der Waals surface area contributed by atoms with Gasteiger partial charge in [-0.2, -0.15) is 0 Å². The van der Waals surface area contributed by atoms with Gasteiger partial charge >= 0.3 is 0 Å². The zero-order chi connectivity index (χ0) is 14.2. The fraction of sp³-hybridized carbons (Fsp3) is 0.600. The van der Waals surface area contributed by atoms with Crippen molar-refractivity contribution >= 4 is 9.84 Å². The molecule has 20 heavy (non-hydrogen) atoms. The molecular weight excluding hydrogens is 274 g/mol. The van der Waals surface area contributed by atoms with Gasteiger partial charge < -0.3 is 10.1 Å². The van der Waals surface area contributed by atoms with Gasteiger partial charge in [-0.3, -0.25) is 0 Å². The van der Waals surface area contributed by atoms with E-state index in [1.54, 1.807) is 0 Å². The third-order valence-electron chi connectivity index (χ3n) is 4.20. The molecule has 110 valence electrons. The predicted molar refractivity (Wildman–Crippen MR) is 78.5 cm³/mol. The molecule has 0 aromatic heterocycles. The van der Waals surface area contributed by atoms with E-state index in [9.17, 15) is 8.42 Å². The van der Waals surface area contributed by atoms with Crippen molar-refractivity contribution in [3.8, 4) is 5.75 Å². The molecule has 0 radical (unpaired) electrons. The van der Waals surface area contributed by atoms with Crippen LogP contribution in [0.5, 0.6) is 5.75 Å². The number of nitrogens with one attached hydrogen (secondary N) is 1. The average Bonchev–Trinajstić information content (AvgIpc) is 2.82. The Morgan fingerprint density at radius 1 is 1.30 bits per heavy atom. The van der Waals surface area contributed by atoms with Gasteiger partial charge in [0.05, 0.1) is 18.1 Å². The zero-order valence-corrected chi connectivity index (χ0v) is 12.6. The number of fused-ring (bicyclic) bond motifs is 1. The Hall–Kier alpha value is -1.07. The molecule has 0 spiro atoms. The van der Waals surface area contributed by atoms with Crippen molar-refractivity contribution in [1.82, 2.24) is 5.32 Å². The van der Waals surface area contributed by atoms with E-state index in [0.717, 1.165) is 31.7 Å². The molecule has 2 heterocycles. The van der Waals surface area contributed by atoms with Gasteiger partial charge in [0, 0.05) is 18.5 Å². The largest absolute Gasteiger partial charge is 0.493 e. The number of benzene rings is 1. The van der Waals surface area contributed by atoms with Gasteiger partial charge in [-0.1, -0.05) is 13.0 Å². The second-order valence-electron chi connectivity index (χ2n) is 6.33. The molecule has 3 rings (SSSR count). The minimum atomic E-state index is -2.89. The van der Waals surface area contributed by atoms with Crippen LogP contribution in [-0.4, -0.2) is 26.5 Å². The summed E-state index contributed by atoms with van der Waals surface area (Å²) in [5, 5.41) is 3.30. The predicted octanol–water partition coefficient (Wildman–Crippen LogP) is 1.88. The van der Waals surface area contributed by atoms with Crippen LogP contribution in [0.25, 0.3) is 0 Å². The van der Waals surface area contributed by atoms with Crippen LogP contribution in [0.15, 0.2) is 18.2 Å². The smallest absolute Gasteiger partial charge is 0.150 e. The van der Waals surface area contributed by atoms with E-state index >= 15 is 0 Å². The molecule has 0 aliphatic carbocycles. The van der Waals surface area contributed by atoms with Crippen LogP contribution in [0.1, 0.15) is 30.9 Å². The summed E-state index contributed by atoms with van der Waals surface area (Å²) >= 11 is 0. The molecule has 0 bridgehead atoms. The van der Waals surface area contributed by atoms with Crippen LogP contribution in [0.2, 0.25) is 0 Å². The van der Waals surface area contributed by atoms with E-state index in [0.29, 0.717) is 12.4 Å². The summed E-state index contributed by atoms with van der Waals surface area (Å²) in [6.07, 6.45) is 1.66. The second kappa shape index (κ2) is 5.04. The highest BCUT2D eigenvalue weighted by molar-refractivity contribution is 7.91. The Labute approximate surface area is 120 Å². The number of rotatable bonds is 3. The van der Waals surface area contributed by atoms with Crippen LogP contribution in [0, 0.1) is 5.41 Å². The summed E-state index contributed by atoms with van der Waals surface area (Å²) in [6.45, 7) is 4.29. The molecule has 2 aliphatic rings. The molecule has 1 unspecified atom stereocenters. The third kappa shape index (κ3) is 2.99. The maximum atomic E-state index is 11.8. The highest BCUT2D eigenvalue weighted by atomic mass is 32.2. The van der Waals surface area contributed by atoms with E-state index < -0.39 is 9.84 Å². The maximum absolute atomic E-state index is 11.8. The summed E-state index contributed by atoms with van der Waals surface area (Å²) in [5.74, 6) is 1.41. The Kier molecular flexibility index (Phi) is 3.50. The van der Waals surface area contributed by atoms with Crippen molar-refractivity contribution in [2.45, 2.75) is 32.9 Å². The zero-order valence-electron chi connectivity index (χ0n) is 11.8. The summed E-state index contributed by atoms with van der Waals surface area (Å²) in [5.41, 5.74) is 2.35. The number of ether oxygens (including phenoxy) is 1. The van der Waals surface area contributed by atoms with Crippen molar-refractivity contribution in [2.75, 3.05) is 18.1 Å². The third-order valence-corrected chi connectivity index (χ3v) is 6.25. The molecule has 5 heteroatoms. The van der Waals surface area contributed by atoms with E-state index in [1.807, 2.05) is 13.0 Å². The minimum Gasteiger partial charge on any atom is -0.493 e. The average molecular weight is 295 g/mol. The summed E-state index contributed by atoms with van der Waals surface area (Å²) in [4.78, 5) is 0. The van der Waals surface area contributed by atoms with Gasteiger partial charge in [-0.05, 0) is 36.1 Å². The molecule has 1 atom stereocenters. The lowest BCUT2D eigenvalue weighted by Gasteiger charge is -2.32. The highest BCUT2D eigenvalue weighted by Gasteiger charge is 2.35. The lowest BCUT2D eigenvalue weighted by Crippen LogP contribution is -2.38. The van der Waals surface area contributed by atoms with Gasteiger partial charge in [-0.25, -0.2) is 8.42 Å². The Bertz CT molecular complexity index is 612. The monoisotopic (exact) mass is 295 g/mol. The van der Waals surface area contributed by atoms with Crippen molar-refractivity contribution in [3.63, 3.8) is 0 Å². The first kappa shape index (κ1) is 13.9. The van der Waals surface area contributed by atoms with Gasteiger partial charge in [0.15, 0.2) is 9.84 Å². The Morgan fingerprint density at radius 2 is 2.10 bits per heavy atom. The van der Waals surface area contributed by atoms with Crippen LogP contribution in [-0.2, 0) is 22.9 Å². The van der Waals surface area contributed by atoms with Gasteiger partial charge in [0.1, 0.15) is 5.75 Å². The van der Waals surface area contributed by atoms with Crippen molar-refractivity contribution < 1.29 is 13.2 Å². The van der Waals surface area contributed by atoms with Crippen molar-refractivity contribution in [1.29, 1.82) is 0 Å². The van der Waals surface area contributed by atoms with Crippen molar-refractivity contribution in [2.24, 2.45) is 5.41 Å². The first-order valence-corrected chi connectivity index (χ1v) is 8.94. The highest BCUT2D eigenvalue weighted by Crippen LogP contribution is 2.32. The van der Waals surface area contributed by atoms with Crippen LogP contribution < -0.4 is 10.1 Å². The van der Waals surface area contributed by atoms with E-state index in [2.05, 4.69) is 17.4 Å². The normalized spacial score (nSPS) is 28.1. The van der Waals surface area contributed by atoms with Gasteiger partial charge in [0.2, 0.25) is 0 Å². The molecule has 1 aromatic rings. The second-order valence-corrected chi connectivity index (χ2v) is 8.51. The number of hydrogen-bond acceptors (Lipinski definition) is 4. The van der Waals surface area contributed by atoms with Crippen LogP contribution in [0.3, 0.4) is 0 Å². The summed E-state index contributed by atoms with van der Waals surface area (Å²) in [7, 11) is -2.89. The lowest BCUT2D eigenvalue weighted by molar-refractivity contribution is 0.167. The number of sulfone groups is 1. The minimum absolute atomic E-state index is 0.243. The van der Waals surface area contributed by atoms with Crippen LogP contribution in [0.4, 0.5) is 0 Å². The molecule has 1 N–H and O–H groups in total. The fourth-order valence-corrected chi connectivity index (χ4v) is 5.14. The van der Waals surface area contributed by atoms with Gasteiger partial charge in [-0.15, -0.1) is 0 Å². The van der Waals surface area contributed by atoms with E-state index in [1.165, 1.54) is 11.1 Å². The lowest BCUT2D eigenvalue weighted by atomic mass is 9.88. The molecule has 0 saturated carbocycles. The van der Waals surface area contributed by atoms with Gasteiger partial charge in [0.25, 0.3) is 0 Å². The standard InChI is InChI=1S/C15H21NO3S/c1-15(5-2-6-20(17,18)11-15)10-19-14-4-3-12-8-16-9-13(12)7-14/h3-4,7,16H,2,5-6,8-11H2,1H3. The molecule has 1 fully saturated rings. The fourth-order valence-electron chi connectivity index (χ4n) is 3.13. The molecule has 1 saturated heterocycles. The topological polar surface area (TPSA) is 55.4 Å². The van der Waals surface area contributed by atoms with Crippen molar-refractivity contribution in [3.05, 3.63) is 29.3 Å². The maximum Gasteiger partial charge on any atom is 0.150 e. The Balaban J connectivity index is 1.67. The first-order valence-electron chi connectivity index (χ1n) is 7.12. The number of hydrogen-bond donors (Lipinski definition) is 1. The molecule has 2 aliphatic heterocycles. The Morgan fingerprint density at radius 3 is 2.90 bits per heavy atom. The first-order chi connectivity index (χ1) is 9.46. The SMILES string of the molecule is CC1(COc2ccc3c(c2)CNC3)CCCS(=O)(=O)C1. The van der Waals surface area contributed by atoms with E-state index in [-0.39, 0.29) is 11.2 Å².